The number of hydrogen-bond donors (Lipinski definition) is 3. The molecule has 0 atom stereocenters. The Hall–Kier alpha value is -0.680. The molecule has 134 valence electrons. The highest BCUT2D eigenvalue weighted by Crippen LogP contribution is 2.33. The van der Waals surface area contributed by atoms with Gasteiger partial charge in [-0.05, 0) is 3.82 Å². The number of halogens is 6. The third-order valence-corrected chi connectivity index (χ3v) is 5.36. The quantitative estimate of drug-likeness (QED) is 0.281. The second kappa shape index (κ2) is 7.26. The van der Waals surface area contributed by atoms with Crippen molar-refractivity contribution in [2.24, 2.45) is 5.73 Å². The molecular weight excluding hydrogens is 370 g/mol. The molecule has 0 rings (SSSR count). The first kappa shape index (κ1) is 21.3. The Morgan fingerprint density at radius 3 is 1.55 bits per heavy atom. The first-order valence-corrected chi connectivity index (χ1v) is 8.15. The van der Waals surface area contributed by atoms with E-state index < -0.39 is 41.4 Å². The summed E-state index contributed by atoms with van der Waals surface area (Å²) in [4.78, 5) is 0. The molecule has 0 aliphatic carbocycles. The maximum Gasteiger partial charge on any atom is 0.513 e. The number of nitrogens with two attached hydrogens (primary N) is 1. The van der Waals surface area contributed by atoms with Crippen molar-refractivity contribution in [3.05, 3.63) is 0 Å². The lowest BCUT2D eigenvalue weighted by Crippen LogP contribution is -2.56. The van der Waals surface area contributed by atoms with Gasteiger partial charge in [0.05, 0.1) is 0 Å². The number of nitrogens with zero attached hydrogens (tertiary/aromatic N) is 1. The first-order valence-electron chi connectivity index (χ1n) is 5.27. The highest BCUT2D eigenvalue weighted by atomic mass is 32.3. The highest BCUT2D eigenvalue weighted by molar-refractivity contribution is 8.04. The molecule has 0 aliphatic rings. The SMILES string of the molecule is NCCNCCNN(S(=O)(=O)C(F)(F)F)S(=O)(=O)C(F)(F)F. The summed E-state index contributed by atoms with van der Waals surface area (Å²) in [5, 5.41) is 2.40. The first-order chi connectivity index (χ1) is 9.69. The van der Waals surface area contributed by atoms with Crippen molar-refractivity contribution in [1.29, 1.82) is 0 Å². The van der Waals surface area contributed by atoms with Crippen LogP contribution in [0.2, 0.25) is 0 Å². The summed E-state index contributed by atoms with van der Waals surface area (Å²) in [6.45, 7) is -0.982. The van der Waals surface area contributed by atoms with E-state index in [2.05, 4.69) is 5.32 Å². The highest BCUT2D eigenvalue weighted by Gasteiger charge is 2.61. The minimum atomic E-state index is -6.81. The summed E-state index contributed by atoms with van der Waals surface area (Å²) in [5.41, 5.74) is -6.37. The number of sulfonamides is 2. The monoisotopic (exact) mass is 382 g/mol. The van der Waals surface area contributed by atoms with Gasteiger partial charge in [0.1, 0.15) is 0 Å². The summed E-state index contributed by atoms with van der Waals surface area (Å²) in [6.07, 6.45) is 0. The van der Waals surface area contributed by atoms with Gasteiger partial charge in [-0.3, -0.25) is 0 Å². The number of hydrazine groups is 1. The van der Waals surface area contributed by atoms with Gasteiger partial charge in [-0.2, -0.15) is 26.3 Å². The van der Waals surface area contributed by atoms with E-state index >= 15 is 0 Å². The van der Waals surface area contributed by atoms with Gasteiger partial charge < -0.3 is 11.1 Å². The Kier molecular flexibility index (Phi) is 7.04. The van der Waals surface area contributed by atoms with Crippen molar-refractivity contribution in [1.82, 2.24) is 14.6 Å². The molecule has 16 heteroatoms. The molecule has 0 heterocycles. The molecule has 8 nitrogen and oxygen atoms in total. The van der Waals surface area contributed by atoms with Gasteiger partial charge in [-0.1, -0.05) is 0 Å². The van der Waals surface area contributed by atoms with Crippen LogP contribution < -0.4 is 16.5 Å². The van der Waals surface area contributed by atoms with Crippen LogP contribution >= 0.6 is 0 Å². The van der Waals surface area contributed by atoms with E-state index in [4.69, 9.17) is 5.73 Å². The van der Waals surface area contributed by atoms with E-state index in [-0.39, 0.29) is 19.6 Å². The Bertz CT molecular complexity index is 513. The fourth-order valence-corrected chi connectivity index (χ4v) is 3.39. The zero-order chi connectivity index (χ0) is 17.8. The van der Waals surface area contributed by atoms with Gasteiger partial charge in [0.2, 0.25) is 0 Å². The summed E-state index contributed by atoms with van der Waals surface area (Å²) in [7, 11) is -13.6. The number of alkyl halides is 6. The molecule has 0 aromatic heterocycles. The summed E-state index contributed by atoms with van der Waals surface area (Å²) in [6, 6.07) is 0. The Morgan fingerprint density at radius 2 is 1.23 bits per heavy atom. The van der Waals surface area contributed by atoms with E-state index in [1.807, 2.05) is 0 Å². The topological polar surface area (TPSA) is 122 Å². The van der Waals surface area contributed by atoms with Gasteiger partial charge in [0.25, 0.3) is 0 Å². The lowest BCUT2D eigenvalue weighted by Gasteiger charge is -2.24. The van der Waals surface area contributed by atoms with Crippen LogP contribution in [0.5, 0.6) is 0 Å². The fraction of sp³-hybridized carbons (Fsp3) is 1.00. The van der Waals surface area contributed by atoms with Gasteiger partial charge >= 0.3 is 31.1 Å². The predicted molar refractivity (Wildman–Crippen MR) is 61.7 cm³/mol. The van der Waals surface area contributed by atoms with E-state index in [1.54, 1.807) is 0 Å². The summed E-state index contributed by atoms with van der Waals surface area (Å²) >= 11 is 0. The molecular formula is C6H12F6N4O4S2. The lowest BCUT2D eigenvalue weighted by atomic mass is 10.6. The van der Waals surface area contributed by atoms with Crippen molar-refractivity contribution >= 4 is 20.0 Å². The van der Waals surface area contributed by atoms with Crippen LogP contribution in [0.15, 0.2) is 0 Å². The molecule has 0 aliphatic heterocycles. The molecule has 4 N–H and O–H groups in total. The molecule has 0 aromatic carbocycles. The second-order valence-electron chi connectivity index (χ2n) is 3.55. The molecule has 0 saturated heterocycles. The summed E-state index contributed by atoms with van der Waals surface area (Å²) in [5.74, 6) is 0. The number of nitrogens with one attached hydrogen (secondary N) is 2. The minimum Gasteiger partial charge on any atom is -0.329 e. The molecule has 0 bridgehead atoms. The van der Waals surface area contributed by atoms with Crippen LogP contribution in [0.4, 0.5) is 26.3 Å². The van der Waals surface area contributed by atoms with Crippen LogP contribution in [0, 0.1) is 0 Å². The van der Waals surface area contributed by atoms with Crippen molar-refractivity contribution in [3.8, 4) is 0 Å². The second-order valence-corrected chi connectivity index (χ2v) is 7.33. The minimum absolute atomic E-state index is 0.0887. The zero-order valence-electron chi connectivity index (χ0n) is 10.6. The Labute approximate surface area is 121 Å². The van der Waals surface area contributed by atoms with E-state index in [0.717, 1.165) is 5.43 Å². The molecule has 0 unspecified atom stereocenters. The maximum atomic E-state index is 12.3. The third-order valence-electron chi connectivity index (χ3n) is 1.89. The van der Waals surface area contributed by atoms with Crippen LogP contribution in [0.3, 0.4) is 0 Å². The van der Waals surface area contributed by atoms with Crippen molar-refractivity contribution in [3.63, 3.8) is 0 Å². The van der Waals surface area contributed by atoms with Crippen LogP contribution in [0.1, 0.15) is 0 Å². The molecule has 22 heavy (non-hydrogen) atoms. The van der Waals surface area contributed by atoms with Crippen LogP contribution in [-0.4, -0.2) is 57.9 Å². The average molecular weight is 382 g/mol. The van der Waals surface area contributed by atoms with Crippen molar-refractivity contribution in [2.45, 2.75) is 11.0 Å². The third kappa shape index (κ3) is 4.92. The molecule has 0 spiro atoms. The summed E-state index contributed by atoms with van der Waals surface area (Å²) < 4.78 is 116. The Balaban J connectivity index is 5.47. The van der Waals surface area contributed by atoms with Gasteiger partial charge in [0, 0.05) is 26.2 Å². The molecule has 0 radical (unpaired) electrons. The maximum absolute atomic E-state index is 12.3. The predicted octanol–water partition coefficient (Wildman–Crippen LogP) is -0.960. The van der Waals surface area contributed by atoms with E-state index in [9.17, 15) is 43.2 Å². The molecule has 0 fully saturated rings. The molecule has 0 aromatic rings. The average Bonchev–Trinajstić information content (AvgIpc) is 2.30. The van der Waals surface area contributed by atoms with E-state index in [1.165, 1.54) is 0 Å². The zero-order valence-corrected chi connectivity index (χ0v) is 12.2. The number of rotatable bonds is 8. The van der Waals surface area contributed by atoms with Crippen LogP contribution in [0.25, 0.3) is 0 Å². The molecule has 0 amide bonds. The number of hydrogen-bond acceptors (Lipinski definition) is 7. The standard InChI is InChI=1S/C6H12F6N4O4S2/c7-5(8,9)21(17,18)16(15-4-3-14-2-1-13)22(19,20)6(10,11)12/h14-15H,1-4,13H2. The fourth-order valence-electron chi connectivity index (χ4n) is 0.950. The Morgan fingerprint density at radius 1 is 0.818 bits per heavy atom. The molecule has 0 saturated carbocycles. The smallest absolute Gasteiger partial charge is 0.329 e. The van der Waals surface area contributed by atoms with Crippen LogP contribution in [-0.2, 0) is 20.0 Å². The van der Waals surface area contributed by atoms with Gasteiger partial charge in [-0.25, -0.2) is 22.3 Å². The normalized spacial score (nSPS) is 14.5. The van der Waals surface area contributed by atoms with E-state index in [0.29, 0.717) is 0 Å². The largest absolute Gasteiger partial charge is 0.513 e. The van der Waals surface area contributed by atoms with Crippen molar-refractivity contribution < 1.29 is 43.2 Å². The lowest BCUT2D eigenvalue weighted by molar-refractivity contribution is -0.0547. The van der Waals surface area contributed by atoms with Gasteiger partial charge in [-0.15, -0.1) is 0 Å². The van der Waals surface area contributed by atoms with Crippen molar-refractivity contribution in [2.75, 3.05) is 26.2 Å². The van der Waals surface area contributed by atoms with Gasteiger partial charge in [0.15, 0.2) is 0 Å².